The maximum absolute atomic E-state index is 12.1. The molecule has 2 aromatic rings. The lowest BCUT2D eigenvalue weighted by Crippen LogP contribution is -2.35. The second-order valence-corrected chi connectivity index (χ2v) is 7.65. The van der Waals surface area contributed by atoms with Crippen LogP contribution in [0.3, 0.4) is 0 Å². The molecule has 8 heteroatoms. The van der Waals surface area contributed by atoms with Gasteiger partial charge in [0.15, 0.2) is 0 Å². The van der Waals surface area contributed by atoms with Crippen LogP contribution in [0.4, 0.5) is 0 Å². The molecule has 0 unspecified atom stereocenters. The number of benzene rings is 2. The molecule has 0 spiro atoms. The fourth-order valence-corrected chi connectivity index (χ4v) is 3.41. The zero-order valence-electron chi connectivity index (χ0n) is 12.6. The lowest BCUT2D eigenvalue weighted by atomic mass is 10.1. The van der Waals surface area contributed by atoms with Gasteiger partial charge in [-0.1, -0.05) is 41.4 Å². The number of hydrogen-bond acceptors (Lipinski definition) is 3. The van der Waals surface area contributed by atoms with Crippen molar-refractivity contribution in [3.05, 3.63) is 64.1 Å². The number of amides is 1. The molecule has 24 heavy (non-hydrogen) atoms. The topological polar surface area (TPSA) is 75.3 Å². The van der Waals surface area contributed by atoms with Gasteiger partial charge >= 0.3 is 0 Å². The Morgan fingerprint density at radius 3 is 2.33 bits per heavy atom. The third-order valence-corrected chi connectivity index (χ3v) is 5.07. The Morgan fingerprint density at radius 2 is 1.67 bits per heavy atom. The molecule has 128 valence electrons. The molecule has 0 radical (unpaired) electrons. The van der Waals surface area contributed by atoms with E-state index in [1.807, 2.05) is 0 Å². The van der Waals surface area contributed by atoms with Gasteiger partial charge in [-0.2, -0.15) is 0 Å². The lowest BCUT2D eigenvalue weighted by molar-refractivity contribution is -0.120. The van der Waals surface area contributed by atoms with E-state index in [-0.39, 0.29) is 30.3 Å². The molecular weight excluding hydrogens is 371 g/mol. The second-order valence-electron chi connectivity index (χ2n) is 5.01. The number of nitrogens with one attached hydrogen (secondary N) is 2. The van der Waals surface area contributed by atoms with Crippen molar-refractivity contribution in [3.8, 4) is 0 Å². The van der Waals surface area contributed by atoms with Gasteiger partial charge in [-0.05, 0) is 35.9 Å². The van der Waals surface area contributed by atoms with Gasteiger partial charge < -0.3 is 5.32 Å². The summed E-state index contributed by atoms with van der Waals surface area (Å²) in [7, 11) is -3.64. The van der Waals surface area contributed by atoms with Crippen molar-refractivity contribution in [2.75, 3.05) is 13.1 Å². The molecule has 0 heterocycles. The third-order valence-electron chi connectivity index (χ3n) is 3.12. The van der Waals surface area contributed by atoms with E-state index in [2.05, 4.69) is 10.0 Å². The summed E-state index contributed by atoms with van der Waals surface area (Å²) in [6.07, 6.45) is 0.207. The van der Waals surface area contributed by atoms with Gasteiger partial charge in [0.2, 0.25) is 15.9 Å². The molecule has 2 aromatic carbocycles. The summed E-state index contributed by atoms with van der Waals surface area (Å²) in [5.74, 6) is -0.195. The Bertz CT molecular complexity index is 808. The Labute approximate surface area is 151 Å². The van der Waals surface area contributed by atoms with Crippen LogP contribution >= 0.6 is 23.2 Å². The Balaban J connectivity index is 1.77. The molecule has 2 N–H and O–H groups in total. The number of halogens is 2. The molecule has 0 aliphatic carbocycles. The van der Waals surface area contributed by atoms with Crippen molar-refractivity contribution in [2.24, 2.45) is 0 Å². The first-order valence-corrected chi connectivity index (χ1v) is 9.37. The van der Waals surface area contributed by atoms with Crippen LogP contribution < -0.4 is 10.0 Å². The molecule has 0 aliphatic rings. The van der Waals surface area contributed by atoms with E-state index >= 15 is 0 Å². The maximum atomic E-state index is 12.1. The van der Waals surface area contributed by atoms with Gasteiger partial charge in [0.05, 0.1) is 11.3 Å². The summed E-state index contributed by atoms with van der Waals surface area (Å²) in [5, 5.41) is 3.60. The average molecular weight is 387 g/mol. The highest BCUT2D eigenvalue weighted by Gasteiger charge is 2.13. The first-order chi connectivity index (χ1) is 11.4. The van der Waals surface area contributed by atoms with E-state index in [4.69, 9.17) is 23.2 Å². The predicted molar refractivity (Wildman–Crippen MR) is 94.8 cm³/mol. The Kier molecular flexibility index (Phi) is 6.62. The van der Waals surface area contributed by atoms with Crippen molar-refractivity contribution < 1.29 is 13.2 Å². The van der Waals surface area contributed by atoms with Crippen molar-refractivity contribution in [1.82, 2.24) is 10.0 Å². The largest absolute Gasteiger partial charge is 0.355 e. The quantitative estimate of drug-likeness (QED) is 0.718. The van der Waals surface area contributed by atoms with Gasteiger partial charge in [0.25, 0.3) is 0 Å². The van der Waals surface area contributed by atoms with Crippen molar-refractivity contribution in [1.29, 1.82) is 0 Å². The third kappa shape index (κ3) is 5.79. The molecule has 0 bridgehead atoms. The fourth-order valence-electron chi connectivity index (χ4n) is 1.95. The molecule has 2 rings (SSSR count). The minimum absolute atomic E-state index is 0.0845. The molecular formula is C16H16Cl2N2O3S. The molecule has 0 atom stereocenters. The van der Waals surface area contributed by atoms with E-state index in [1.54, 1.807) is 36.4 Å². The number of rotatable bonds is 7. The molecule has 0 aliphatic heterocycles. The number of hydrogen-bond donors (Lipinski definition) is 2. The zero-order chi connectivity index (χ0) is 17.6. The standard InChI is InChI=1S/C16H16Cl2N2O3S/c17-13-6-4-12(5-7-13)10-16(21)19-8-9-20-24(22,23)15-3-1-2-14(18)11-15/h1-7,11,20H,8-10H2,(H,19,21). The average Bonchev–Trinajstić information content (AvgIpc) is 2.54. The summed E-state index contributed by atoms with van der Waals surface area (Å²) >= 11 is 11.6. The van der Waals surface area contributed by atoms with Gasteiger partial charge in [-0.15, -0.1) is 0 Å². The van der Waals surface area contributed by atoms with Gasteiger partial charge in [0, 0.05) is 23.1 Å². The lowest BCUT2D eigenvalue weighted by Gasteiger charge is -2.08. The fraction of sp³-hybridized carbons (Fsp3) is 0.188. The van der Waals surface area contributed by atoms with E-state index in [9.17, 15) is 13.2 Å². The van der Waals surface area contributed by atoms with E-state index in [1.165, 1.54) is 12.1 Å². The monoisotopic (exact) mass is 386 g/mol. The van der Waals surface area contributed by atoms with E-state index in [0.717, 1.165) is 5.56 Å². The maximum Gasteiger partial charge on any atom is 0.240 e. The van der Waals surface area contributed by atoms with Crippen LogP contribution in [-0.4, -0.2) is 27.4 Å². The number of carbonyl (C=O) groups is 1. The highest BCUT2D eigenvalue weighted by molar-refractivity contribution is 7.89. The van der Waals surface area contributed by atoms with E-state index in [0.29, 0.717) is 10.0 Å². The number of carbonyl (C=O) groups excluding carboxylic acids is 1. The normalized spacial score (nSPS) is 11.2. The zero-order valence-corrected chi connectivity index (χ0v) is 15.0. The Morgan fingerprint density at radius 1 is 0.958 bits per heavy atom. The highest BCUT2D eigenvalue weighted by atomic mass is 35.5. The highest BCUT2D eigenvalue weighted by Crippen LogP contribution is 2.14. The second kappa shape index (κ2) is 8.48. The van der Waals surface area contributed by atoms with Crippen molar-refractivity contribution in [2.45, 2.75) is 11.3 Å². The van der Waals surface area contributed by atoms with Crippen LogP contribution in [0.2, 0.25) is 10.0 Å². The van der Waals surface area contributed by atoms with Gasteiger partial charge in [-0.25, -0.2) is 13.1 Å². The molecule has 0 fully saturated rings. The SMILES string of the molecule is O=C(Cc1ccc(Cl)cc1)NCCNS(=O)(=O)c1cccc(Cl)c1. The minimum Gasteiger partial charge on any atom is -0.355 e. The van der Waals surface area contributed by atoms with Crippen molar-refractivity contribution >= 4 is 39.1 Å². The molecule has 1 amide bonds. The molecule has 5 nitrogen and oxygen atoms in total. The summed E-state index contributed by atoms with van der Waals surface area (Å²) in [6.45, 7) is 0.271. The minimum atomic E-state index is -3.64. The summed E-state index contributed by atoms with van der Waals surface area (Å²) in [4.78, 5) is 11.9. The van der Waals surface area contributed by atoms with Crippen LogP contribution in [0, 0.1) is 0 Å². The summed E-state index contributed by atoms with van der Waals surface area (Å²) in [5.41, 5.74) is 0.830. The molecule has 0 saturated heterocycles. The first kappa shape index (κ1) is 18.7. The predicted octanol–water partition coefficient (Wildman–Crippen LogP) is 2.63. The summed E-state index contributed by atoms with van der Waals surface area (Å²) < 4.78 is 26.5. The van der Waals surface area contributed by atoms with Gasteiger partial charge in [-0.3, -0.25) is 4.79 Å². The van der Waals surface area contributed by atoms with Gasteiger partial charge in [0.1, 0.15) is 0 Å². The summed E-state index contributed by atoms with van der Waals surface area (Å²) in [6, 6.07) is 12.9. The number of sulfonamides is 1. The van der Waals surface area contributed by atoms with Crippen LogP contribution in [-0.2, 0) is 21.2 Å². The smallest absolute Gasteiger partial charge is 0.240 e. The molecule has 0 aromatic heterocycles. The van der Waals surface area contributed by atoms with Crippen LogP contribution in [0.15, 0.2) is 53.4 Å². The first-order valence-electron chi connectivity index (χ1n) is 7.13. The van der Waals surface area contributed by atoms with E-state index < -0.39 is 10.0 Å². The van der Waals surface area contributed by atoms with Crippen LogP contribution in [0.25, 0.3) is 0 Å². The van der Waals surface area contributed by atoms with Crippen LogP contribution in [0.1, 0.15) is 5.56 Å². The van der Waals surface area contributed by atoms with Crippen molar-refractivity contribution in [3.63, 3.8) is 0 Å². The Hall–Kier alpha value is -1.60. The van der Waals surface area contributed by atoms with Crippen LogP contribution in [0.5, 0.6) is 0 Å². The molecule has 0 saturated carbocycles.